The number of ether oxygens (including phenoxy) is 1. The third-order valence-electron chi connectivity index (χ3n) is 2.76. The van der Waals surface area contributed by atoms with E-state index in [1.807, 2.05) is 23.7 Å². The van der Waals surface area contributed by atoms with Gasteiger partial charge in [0, 0.05) is 0 Å². The molecule has 2 rings (SSSR count). The molecule has 2 aromatic rings. The summed E-state index contributed by atoms with van der Waals surface area (Å²) >= 11 is 5.95. The van der Waals surface area contributed by atoms with E-state index < -0.39 is 0 Å². The average Bonchev–Trinajstić information content (AvgIpc) is 2.70. The minimum atomic E-state index is 0.525. The van der Waals surface area contributed by atoms with Crippen LogP contribution in [0.25, 0.3) is 0 Å². The zero-order chi connectivity index (χ0) is 13.1. The molecule has 0 aliphatic carbocycles. The molecule has 0 amide bonds. The molecule has 1 aromatic carbocycles. The summed E-state index contributed by atoms with van der Waals surface area (Å²) in [6, 6.07) is 7.56. The highest BCUT2D eigenvalue weighted by Crippen LogP contribution is 2.21. The van der Waals surface area contributed by atoms with Gasteiger partial charge in [-0.3, -0.25) is 4.68 Å². The molecule has 5 heteroatoms. The summed E-state index contributed by atoms with van der Waals surface area (Å²) in [5.41, 5.74) is 2.45. The summed E-state index contributed by atoms with van der Waals surface area (Å²) in [6.45, 7) is 2.51. The molecule has 0 bridgehead atoms. The van der Waals surface area contributed by atoms with Gasteiger partial charge in [0.25, 0.3) is 0 Å². The second kappa shape index (κ2) is 5.11. The zero-order valence-electron chi connectivity index (χ0n) is 10.1. The van der Waals surface area contributed by atoms with Gasteiger partial charge < -0.3 is 4.74 Å². The van der Waals surface area contributed by atoms with E-state index in [1.165, 1.54) is 0 Å². The molecule has 1 aromatic heterocycles. The largest absolute Gasteiger partial charge is 0.495 e. The first-order valence-corrected chi connectivity index (χ1v) is 5.78. The molecular formula is C13H12ClN3O. The Bertz CT molecular complexity index is 613. The maximum Gasteiger partial charge on any atom is 0.136 e. The summed E-state index contributed by atoms with van der Waals surface area (Å²) in [5, 5.41) is 13.7. The highest BCUT2D eigenvalue weighted by atomic mass is 35.5. The van der Waals surface area contributed by atoms with Gasteiger partial charge in [-0.2, -0.15) is 10.4 Å². The molecule has 0 atom stereocenters. The third-order valence-corrected chi connectivity index (χ3v) is 3.13. The molecule has 0 aliphatic rings. The molecule has 0 spiro atoms. The van der Waals surface area contributed by atoms with Crippen molar-refractivity contribution in [1.82, 2.24) is 9.78 Å². The van der Waals surface area contributed by atoms with Crippen LogP contribution in [-0.4, -0.2) is 16.9 Å². The Kier molecular flexibility index (Phi) is 3.54. The highest BCUT2D eigenvalue weighted by molar-refractivity contribution is 6.31. The summed E-state index contributed by atoms with van der Waals surface area (Å²) in [4.78, 5) is 0. The lowest BCUT2D eigenvalue weighted by Crippen LogP contribution is -2.04. The SMILES string of the molecule is COc1cc(Cn2ncc(Cl)c2C)ccc1C#N. The van der Waals surface area contributed by atoms with Crippen LogP contribution in [0.15, 0.2) is 24.4 Å². The van der Waals surface area contributed by atoms with Gasteiger partial charge in [-0.05, 0) is 24.6 Å². The summed E-state index contributed by atoms with van der Waals surface area (Å²) in [7, 11) is 1.55. The molecule has 0 unspecified atom stereocenters. The van der Waals surface area contributed by atoms with Crippen molar-refractivity contribution in [2.24, 2.45) is 0 Å². The van der Waals surface area contributed by atoms with Crippen molar-refractivity contribution in [1.29, 1.82) is 5.26 Å². The van der Waals surface area contributed by atoms with Crippen molar-refractivity contribution < 1.29 is 4.74 Å². The molecule has 0 aliphatic heterocycles. The first-order valence-electron chi connectivity index (χ1n) is 5.40. The first-order chi connectivity index (χ1) is 8.65. The van der Waals surface area contributed by atoms with E-state index in [0.717, 1.165) is 11.3 Å². The number of methoxy groups -OCH3 is 1. The Morgan fingerprint density at radius 2 is 2.28 bits per heavy atom. The van der Waals surface area contributed by atoms with Gasteiger partial charge >= 0.3 is 0 Å². The van der Waals surface area contributed by atoms with E-state index in [4.69, 9.17) is 21.6 Å². The van der Waals surface area contributed by atoms with Crippen LogP contribution in [0.4, 0.5) is 0 Å². The van der Waals surface area contributed by atoms with Crippen LogP contribution >= 0.6 is 11.6 Å². The predicted octanol–water partition coefficient (Wildman–Crippen LogP) is 2.77. The number of nitrogens with zero attached hydrogens (tertiary/aromatic N) is 3. The smallest absolute Gasteiger partial charge is 0.136 e. The van der Waals surface area contributed by atoms with Crippen molar-refractivity contribution in [3.05, 3.63) is 46.2 Å². The number of nitriles is 1. The first kappa shape index (κ1) is 12.5. The number of halogens is 1. The Morgan fingerprint density at radius 1 is 1.50 bits per heavy atom. The summed E-state index contributed by atoms with van der Waals surface area (Å²) in [6.07, 6.45) is 1.62. The molecule has 0 fully saturated rings. The van der Waals surface area contributed by atoms with Crippen LogP contribution < -0.4 is 4.74 Å². The van der Waals surface area contributed by atoms with Gasteiger partial charge in [-0.15, -0.1) is 0 Å². The Hall–Kier alpha value is -1.99. The zero-order valence-corrected chi connectivity index (χ0v) is 10.9. The number of benzene rings is 1. The van der Waals surface area contributed by atoms with Crippen molar-refractivity contribution >= 4 is 11.6 Å². The van der Waals surface area contributed by atoms with E-state index >= 15 is 0 Å². The van der Waals surface area contributed by atoms with E-state index in [0.29, 0.717) is 22.9 Å². The third kappa shape index (κ3) is 2.31. The fourth-order valence-electron chi connectivity index (χ4n) is 1.68. The molecule has 1 heterocycles. The minimum Gasteiger partial charge on any atom is -0.495 e. The topological polar surface area (TPSA) is 50.8 Å². The Morgan fingerprint density at radius 3 is 2.83 bits per heavy atom. The lowest BCUT2D eigenvalue weighted by atomic mass is 10.1. The monoisotopic (exact) mass is 261 g/mol. The molecule has 92 valence electrons. The molecule has 0 radical (unpaired) electrons. The molecular weight excluding hydrogens is 250 g/mol. The van der Waals surface area contributed by atoms with Crippen LogP contribution in [0.2, 0.25) is 5.02 Å². The van der Waals surface area contributed by atoms with Gasteiger partial charge in [-0.1, -0.05) is 17.7 Å². The number of hydrogen-bond donors (Lipinski definition) is 0. The van der Waals surface area contributed by atoms with Gasteiger partial charge in [0.05, 0.1) is 36.1 Å². The lowest BCUT2D eigenvalue weighted by molar-refractivity contribution is 0.412. The van der Waals surface area contributed by atoms with Crippen LogP contribution in [-0.2, 0) is 6.54 Å². The Labute approximate surface area is 110 Å². The van der Waals surface area contributed by atoms with Crippen LogP contribution in [0.5, 0.6) is 5.75 Å². The molecule has 18 heavy (non-hydrogen) atoms. The van der Waals surface area contributed by atoms with Crippen molar-refractivity contribution in [2.45, 2.75) is 13.5 Å². The molecule has 0 N–H and O–H groups in total. The standard InChI is InChI=1S/C13H12ClN3O/c1-9-12(14)7-16-17(9)8-10-3-4-11(6-15)13(5-10)18-2/h3-5,7H,8H2,1-2H3. The molecule has 0 saturated carbocycles. The normalized spacial score (nSPS) is 10.1. The van der Waals surface area contributed by atoms with Crippen LogP contribution in [0.3, 0.4) is 0 Å². The minimum absolute atomic E-state index is 0.525. The fourth-order valence-corrected chi connectivity index (χ4v) is 1.82. The van der Waals surface area contributed by atoms with Crippen molar-refractivity contribution in [3.63, 3.8) is 0 Å². The van der Waals surface area contributed by atoms with Gasteiger partial charge in [0.1, 0.15) is 11.8 Å². The maximum atomic E-state index is 8.91. The average molecular weight is 262 g/mol. The number of hydrogen-bond acceptors (Lipinski definition) is 3. The Balaban J connectivity index is 2.30. The lowest BCUT2D eigenvalue weighted by Gasteiger charge is -2.08. The van der Waals surface area contributed by atoms with Crippen molar-refractivity contribution in [3.8, 4) is 11.8 Å². The summed E-state index contributed by atoms with van der Waals surface area (Å²) < 4.78 is 6.98. The second-order valence-corrected chi connectivity index (χ2v) is 4.29. The van der Waals surface area contributed by atoms with E-state index in [-0.39, 0.29) is 0 Å². The van der Waals surface area contributed by atoms with Crippen LogP contribution in [0.1, 0.15) is 16.8 Å². The van der Waals surface area contributed by atoms with E-state index in [2.05, 4.69) is 11.2 Å². The summed E-state index contributed by atoms with van der Waals surface area (Å²) in [5.74, 6) is 0.575. The van der Waals surface area contributed by atoms with E-state index in [1.54, 1.807) is 19.4 Å². The van der Waals surface area contributed by atoms with Gasteiger partial charge in [0.15, 0.2) is 0 Å². The van der Waals surface area contributed by atoms with Gasteiger partial charge in [-0.25, -0.2) is 0 Å². The number of aromatic nitrogens is 2. The van der Waals surface area contributed by atoms with Crippen LogP contribution in [0, 0.1) is 18.3 Å². The van der Waals surface area contributed by atoms with Gasteiger partial charge in [0.2, 0.25) is 0 Å². The fraction of sp³-hybridized carbons (Fsp3) is 0.231. The molecule has 0 saturated heterocycles. The quantitative estimate of drug-likeness (QED) is 0.854. The highest BCUT2D eigenvalue weighted by Gasteiger charge is 2.07. The second-order valence-electron chi connectivity index (χ2n) is 3.88. The van der Waals surface area contributed by atoms with E-state index in [9.17, 15) is 0 Å². The number of rotatable bonds is 3. The van der Waals surface area contributed by atoms with Crippen molar-refractivity contribution in [2.75, 3.05) is 7.11 Å². The predicted molar refractivity (Wildman–Crippen MR) is 68.8 cm³/mol. The molecule has 4 nitrogen and oxygen atoms in total. The maximum absolute atomic E-state index is 8.91.